The smallest absolute Gasteiger partial charge is 0.462 e. The zero-order chi connectivity index (χ0) is 72.3. The Morgan fingerprint density at radius 2 is 0.469 bits per heavy atom. The first-order chi connectivity index (χ1) is 47.2. The second-order valence-electron chi connectivity index (χ2n) is 29.9. The quantitative estimate of drug-likeness (QED) is 0.0222. The molecule has 19 heteroatoms. The van der Waals surface area contributed by atoms with Crippen LogP contribution in [0.2, 0.25) is 0 Å². The van der Waals surface area contributed by atoms with E-state index in [0.717, 1.165) is 108 Å². The first-order valence-electron chi connectivity index (χ1n) is 40.8. The molecule has 0 heterocycles. The van der Waals surface area contributed by atoms with Crippen molar-refractivity contribution in [2.24, 2.45) is 17.8 Å². The minimum absolute atomic E-state index is 0.106. The zero-order valence-corrected chi connectivity index (χ0v) is 66.0. The number of aliphatic hydroxyl groups excluding tert-OH is 1. The summed E-state index contributed by atoms with van der Waals surface area (Å²) in [5.41, 5.74) is 0. The molecule has 0 aliphatic rings. The summed E-state index contributed by atoms with van der Waals surface area (Å²) in [5, 5.41) is 10.6. The van der Waals surface area contributed by atoms with Crippen molar-refractivity contribution in [3.05, 3.63) is 0 Å². The number of ether oxygens (including phenoxy) is 4. The summed E-state index contributed by atoms with van der Waals surface area (Å²) in [6.45, 7) is 11.9. The highest BCUT2D eigenvalue weighted by molar-refractivity contribution is 7.47. The summed E-state index contributed by atoms with van der Waals surface area (Å²) in [6.07, 6.45) is 56.9. The lowest BCUT2D eigenvalue weighted by Gasteiger charge is -2.21. The first kappa shape index (κ1) is 96.1. The number of aliphatic hydroxyl groups is 1. The summed E-state index contributed by atoms with van der Waals surface area (Å²) in [5.74, 6) is 0.159. The molecule has 0 saturated heterocycles. The summed E-state index contributed by atoms with van der Waals surface area (Å²) in [6, 6.07) is 0. The van der Waals surface area contributed by atoms with Gasteiger partial charge in [0.15, 0.2) is 12.2 Å². The number of phosphoric ester groups is 2. The normalized spacial score (nSPS) is 14.0. The third-order valence-electron chi connectivity index (χ3n) is 18.4. The van der Waals surface area contributed by atoms with Gasteiger partial charge in [-0.15, -0.1) is 0 Å². The van der Waals surface area contributed by atoms with E-state index < -0.39 is 97.5 Å². The molecular weight excluding hydrogens is 1280 g/mol. The van der Waals surface area contributed by atoms with E-state index in [-0.39, 0.29) is 25.7 Å². The number of hydrogen-bond acceptors (Lipinski definition) is 15. The van der Waals surface area contributed by atoms with E-state index in [1.165, 1.54) is 212 Å². The largest absolute Gasteiger partial charge is 0.472 e. The molecule has 2 unspecified atom stereocenters. The van der Waals surface area contributed by atoms with Crippen molar-refractivity contribution in [1.29, 1.82) is 0 Å². The van der Waals surface area contributed by atoms with Crippen LogP contribution in [-0.2, 0) is 65.4 Å². The van der Waals surface area contributed by atoms with Crippen LogP contribution in [0, 0.1) is 17.8 Å². The Hall–Kier alpha value is -1.94. The van der Waals surface area contributed by atoms with Gasteiger partial charge in [-0.2, -0.15) is 0 Å². The maximum Gasteiger partial charge on any atom is 0.472 e. The Morgan fingerprint density at radius 1 is 0.276 bits per heavy atom. The molecule has 3 N–H and O–H groups in total. The monoisotopic (exact) mass is 1440 g/mol. The summed E-state index contributed by atoms with van der Waals surface area (Å²) >= 11 is 0. The molecule has 17 nitrogen and oxygen atoms in total. The van der Waals surface area contributed by atoms with Gasteiger partial charge < -0.3 is 33.8 Å². The van der Waals surface area contributed by atoms with Gasteiger partial charge in [0.1, 0.15) is 19.3 Å². The van der Waals surface area contributed by atoms with Crippen molar-refractivity contribution >= 4 is 39.5 Å². The molecular formula is C79H154O17P2. The average Bonchev–Trinajstić information content (AvgIpc) is 0.969. The van der Waals surface area contributed by atoms with Gasteiger partial charge in [0, 0.05) is 25.7 Å². The predicted molar refractivity (Wildman–Crippen MR) is 400 cm³/mol. The number of rotatable bonds is 77. The molecule has 0 rings (SSSR count). The van der Waals surface area contributed by atoms with Crippen LogP contribution in [-0.4, -0.2) is 96.7 Å². The van der Waals surface area contributed by atoms with Crippen LogP contribution in [0.15, 0.2) is 0 Å². The van der Waals surface area contributed by atoms with E-state index in [0.29, 0.717) is 31.6 Å². The van der Waals surface area contributed by atoms with Crippen LogP contribution < -0.4 is 0 Å². The summed E-state index contributed by atoms with van der Waals surface area (Å²) < 4.78 is 68.6. The topological polar surface area (TPSA) is 237 Å². The number of esters is 4. The van der Waals surface area contributed by atoms with Gasteiger partial charge in [0.25, 0.3) is 0 Å². The highest BCUT2D eigenvalue weighted by Gasteiger charge is 2.30. The Kier molecular flexibility index (Phi) is 68.1. The van der Waals surface area contributed by atoms with Crippen molar-refractivity contribution in [3.63, 3.8) is 0 Å². The molecule has 0 bridgehead atoms. The molecule has 0 aliphatic heterocycles. The Morgan fingerprint density at radius 3 is 0.694 bits per heavy atom. The van der Waals surface area contributed by atoms with Crippen molar-refractivity contribution < 1.29 is 80.2 Å². The van der Waals surface area contributed by atoms with Crippen LogP contribution in [0.3, 0.4) is 0 Å². The molecule has 5 atom stereocenters. The maximum atomic E-state index is 13.1. The van der Waals surface area contributed by atoms with Crippen molar-refractivity contribution in [3.8, 4) is 0 Å². The van der Waals surface area contributed by atoms with Crippen LogP contribution >= 0.6 is 15.6 Å². The molecule has 0 radical (unpaired) electrons. The van der Waals surface area contributed by atoms with E-state index in [9.17, 15) is 43.2 Å². The molecule has 0 saturated carbocycles. The predicted octanol–water partition coefficient (Wildman–Crippen LogP) is 23.4. The van der Waals surface area contributed by atoms with E-state index in [1.54, 1.807) is 0 Å². The van der Waals surface area contributed by atoms with Gasteiger partial charge >= 0.3 is 39.5 Å². The molecule has 0 spiro atoms. The molecule has 0 amide bonds. The first-order valence-corrected chi connectivity index (χ1v) is 43.8. The van der Waals surface area contributed by atoms with Crippen molar-refractivity contribution in [2.75, 3.05) is 39.6 Å². The molecule has 582 valence electrons. The van der Waals surface area contributed by atoms with E-state index in [1.807, 2.05) is 0 Å². The van der Waals surface area contributed by atoms with Gasteiger partial charge in [-0.3, -0.25) is 37.3 Å². The number of unbranched alkanes of at least 4 members (excludes halogenated alkanes) is 45. The Balaban J connectivity index is 5.25. The fraction of sp³-hybridized carbons (Fsp3) is 0.949. The highest BCUT2D eigenvalue weighted by Crippen LogP contribution is 2.45. The number of hydrogen-bond donors (Lipinski definition) is 3. The average molecular weight is 1440 g/mol. The van der Waals surface area contributed by atoms with Gasteiger partial charge in [0.2, 0.25) is 0 Å². The number of carbonyl (C=O) groups excluding carboxylic acids is 4. The van der Waals surface area contributed by atoms with Gasteiger partial charge in [-0.05, 0) is 43.4 Å². The van der Waals surface area contributed by atoms with Crippen molar-refractivity contribution in [1.82, 2.24) is 0 Å². The lowest BCUT2D eigenvalue weighted by atomic mass is 10.0. The van der Waals surface area contributed by atoms with Gasteiger partial charge in [-0.1, -0.05) is 357 Å². The van der Waals surface area contributed by atoms with Crippen LogP contribution in [0.1, 0.15) is 408 Å². The third-order valence-corrected chi connectivity index (χ3v) is 20.3. The Bertz CT molecular complexity index is 1900. The SMILES string of the molecule is CCCCCCCCCCCCCCCCCCC(=O)OC[C@H](COP(=O)(O)OC[C@@H](O)COP(=O)(O)OC[C@@H](COC(=O)CCCCCCCCCC(C)C)OC(=O)CCCCCCCCCCCCCC(C)C)OC(=O)CCCCCCCCCCCCCCCCCC(C)C. The maximum absolute atomic E-state index is 13.1. The molecule has 0 aromatic heterocycles. The molecule has 98 heavy (non-hydrogen) atoms. The zero-order valence-electron chi connectivity index (χ0n) is 64.3. The van der Waals surface area contributed by atoms with Gasteiger partial charge in [0.05, 0.1) is 26.4 Å². The molecule has 0 aliphatic carbocycles. The number of phosphoric acid groups is 2. The molecule has 0 aromatic carbocycles. The summed E-state index contributed by atoms with van der Waals surface area (Å²) in [4.78, 5) is 72.9. The lowest BCUT2D eigenvalue weighted by Crippen LogP contribution is -2.30. The second kappa shape index (κ2) is 69.4. The van der Waals surface area contributed by atoms with E-state index in [4.69, 9.17) is 37.0 Å². The third kappa shape index (κ3) is 72.4. The fourth-order valence-corrected chi connectivity index (χ4v) is 13.7. The summed E-state index contributed by atoms with van der Waals surface area (Å²) in [7, 11) is -9.92. The highest BCUT2D eigenvalue weighted by atomic mass is 31.2. The molecule has 0 aromatic rings. The minimum atomic E-state index is -4.96. The standard InChI is InChI=1S/C79H154O17P2/c1-8-9-10-11-12-13-14-15-16-19-22-27-32-39-46-53-60-76(81)89-66-74(95-78(83)62-55-48-40-33-28-23-20-17-18-21-25-30-36-43-50-57-70(2)3)68-93-97(85,86)91-64-73(80)65-92-98(87,88)94-69-75(67-90-77(82)61-54-47-42-35-38-45-52-59-72(6)7)96-79(84)63-56-49-41-34-29-24-26-31-37-44-51-58-71(4)5/h70-75,80H,8-69H2,1-7H3,(H,85,86)(H,87,88)/t73-,74-,75-/m1/s1. The van der Waals surface area contributed by atoms with Crippen LogP contribution in [0.25, 0.3) is 0 Å². The minimum Gasteiger partial charge on any atom is -0.462 e. The van der Waals surface area contributed by atoms with Crippen LogP contribution in [0.4, 0.5) is 0 Å². The van der Waals surface area contributed by atoms with Crippen LogP contribution in [0.5, 0.6) is 0 Å². The molecule has 0 fully saturated rings. The van der Waals surface area contributed by atoms with E-state index in [2.05, 4.69) is 48.5 Å². The number of carbonyl (C=O) groups is 4. The Labute approximate surface area is 600 Å². The second-order valence-corrected chi connectivity index (χ2v) is 32.8. The van der Waals surface area contributed by atoms with Crippen molar-refractivity contribution in [2.45, 2.75) is 426 Å². The van der Waals surface area contributed by atoms with E-state index >= 15 is 0 Å². The van der Waals surface area contributed by atoms with Gasteiger partial charge in [-0.25, -0.2) is 9.13 Å². The fourth-order valence-electron chi connectivity index (χ4n) is 12.1. The lowest BCUT2D eigenvalue weighted by molar-refractivity contribution is -0.161.